The molecule has 0 atom stereocenters. The van der Waals surface area contributed by atoms with Crippen LogP contribution in [0.3, 0.4) is 0 Å². The first-order chi connectivity index (χ1) is 9.56. The number of rotatable bonds is 2. The molecule has 0 N–H and O–H groups in total. The lowest BCUT2D eigenvalue weighted by Gasteiger charge is -2.06. The average molecular weight is 306 g/mol. The molecule has 3 nitrogen and oxygen atoms in total. The van der Waals surface area contributed by atoms with Crippen molar-refractivity contribution in [3.05, 3.63) is 52.7 Å². The summed E-state index contributed by atoms with van der Waals surface area (Å²) in [7, 11) is 0. The molecule has 3 rings (SSSR count). The Kier molecular flexibility index (Phi) is 3.24. The summed E-state index contributed by atoms with van der Waals surface area (Å²) in [5.41, 5.74) is 1.43. The smallest absolute Gasteiger partial charge is 0.253 e. The molecule has 0 amide bonds. The van der Waals surface area contributed by atoms with Gasteiger partial charge < -0.3 is 4.42 Å². The number of aryl methyl sites for hydroxylation is 1. The van der Waals surface area contributed by atoms with Crippen LogP contribution in [0.4, 0.5) is 0 Å². The van der Waals surface area contributed by atoms with Gasteiger partial charge in [-0.1, -0.05) is 23.7 Å². The third kappa shape index (κ3) is 2.19. The van der Waals surface area contributed by atoms with Gasteiger partial charge >= 0.3 is 0 Å². The fourth-order valence-corrected chi connectivity index (χ4v) is 2.45. The predicted molar refractivity (Wildman–Crippen MR) is 79.4 cm³/mol. The molecule has 2 aromatic heterocycles. The zero-order valence-corrected chi connectivity index (χ0v) is 12.0. The zero-order chi connectivity index (χ0) is 14.3. The van der Waals surface area contributed by atoms with E-state index in [1.807, 2.05) is 13.0 Å². The summed E-state index contributed by atoms with van der Waals surface area (Å²) in [6.07, 6.45) is 0. The summed E-state index contributed by atoms with van der Waals surface area (Å²) in [6.45, 7) is 1.84. The van der Waals surface area contributed by atoms with Crippen LogP contribution in [0.5, 0.6) is 0 Å². The molecule has 3 aromatic rings. The van der Waals surface area contributed by atoms with Crippen molar-refractivity contribution < 1.29 is 9.21 Å². The van der Waals surface area contributed by atoms with Crippen molar-refractivity contribution in [2.45, 2.75) is 6.92 Å². The van der Waals surface area contributed by atoms with E-state index in [9.17, 15) is 4.79 Å². The van der Waals surface area contributed by atoms with E-state index in [0.29, 0.717) is 32.9 Å². The molecule has 0 aliphatic heterocycles. The Labute approximate surface area is 125 Å². The third-order valence-electron chi connectivity index (χ3n) is 2.99. The second kappa shape index (κ2) is 4.93. The number of para-hydroxylation sites is 1. The molecule has 20 heavy (non-hydrogen) atoms. The highest BCUT2D eigenvalue weighted by Crippen LogP contribution is 2.30. The van der Waals surface area contributed by atoms with E-state index >= 15 is 0 Å². The van der Waals surface area contributed by atoms with Crippen LogP contribution in [-0.2, 0) is 0 Å². The van der Waals surface area contributed by atoms with Gasteiger partial charge in [0.1, 0.15) is 11.5 Å². The number of carbonyl (C=O) groups is 1. The average Bonchev–Trinajstić information content (AvgIpc) is 2.85. The Morgan fingerprint density at radius 3 is 2.70 bits per heavy atom. The minimum Gasteiger partial charge on any atom is -0.460 e. The highest BCUT2D eigenvalue weighted by atomic mass is 35.5. The Bertz CT molecular complexity index is 824. The number of pyridine rings is 1. The van der Waals surface area contributed by atoms with E-state index in [2.05, 4.69) is 4.98 Å². The Morgan fingerprint density at radius 1 is 1.25 bits per heavy atom. The first kappa shape index (κ1) is 13.2. The Balaban J connectivity index is 2.35. The molecule has 0 aliphatic carbocycles. The normalized spacial score (nSPS) is 10.9. The maximum atomic E-state index is 11.6. The van der Waals surface area contributed by atoms with Crippen LogP contribution in [0, 0.1) is 6.92 Å². The predicted octanol–water partition coefficient (Wildman–Crippen LogP) is 4.84. The van der Waals surface area contributed by atoms with Crippen molar-refractivity contribution in [1.82, 2.24) is 4.98 Å². The number of benzene rings is 1. The van der Waals surface area contributed by atoms with E-state index in [0.717, 1.165) is 5.76 Å². The van der Waals surface area contributed by atoms with Crippen LogP contribution < -0.4 is 0 Å². The topological polar surface area (TPSA) is 43.1 Å². The fraction of sp³-hybridized carbons (Fsp3) is 0.0667. The molecule has 0 saturated heterocycles. The van der Waals surface area contributed by atoms with E-state index in [-0.39, 0.29) is 0 Å². The van der Waals surface area contributed by atoms with Gasteiger partial charge in [-0.05, 0) is 42.8 Å². The number of nitrogens with zero attached hydrogens (tertiary/aromatic N) is 1. The van der Waals surface area contributed by atoms with Crippen molar-refractivity contribution in [3.8, 4) is 11.5 Å². The van der Waals surface area contributed by atoms with Gasteiger partial charge in [-0.25, -0.2) is 4.98 Å². The lowest BCUT2D eigenvalue weighted by Crippen LogP contribution is -1.95. The summed E-state index contributed by atoms with van der Waals surface area (Å²) < 4.78 is 5.53. The minimum absolute atomic E-state index is 0.364. The second-order valence-electron chi connectivity index (χ2n) is 4.38. The van der Waals surface area contributed by atoms with Crippen LogP contribution in [0.2, 0.25) is 5.02 Å². The third-order valence-corrected chi connectivity index (χ3v) is 3.50. The summed E-state index contributed by atoms with van der Waals surface area (Å²) in [4.78, 5) is 16.1. The fourth-order valence-electron chi connectivity index (χ4n) is 2.07. The molecule has 0 radical (unpaired) electrons. The SMILES string of the molecule is Cc1ccc(-c2cc(C(=O)Cl)c3cccc(Cl)c3n2)o1. The van der Waals surface area contributed by atoms with Gasteiger partial charge in [0.2, 0.25) is 0 Å². The maximum absolute atomic E-state index is 11.6. The van der Waals surface area contributed by atoms with Crippen molar-refractivity contribution in [2.24, 2.45) is 0 Å². The monoisotopic (exact) mass is 305 g/mol. The van der Waals surface area contributed by atoms with Gasteiger partial charge in [0, 0.05) is 10.9 Å². The first-order valence-corrected chi connectivity index (χ1v) is 6.68. The van der Waals surface area contributed by atoms with Crippen LogP contribution in [0.1, 0.15) is 16.1 Å². The van der Waals surface area contributed by atoms with Crippen molar-refractivity contribution in [1.29, 1.82) is 0 Å². The quantitative estimate of drug-likeness (QED) is 0.636. The van der Waals surface area contributed by atoms with Crippen molar-refractivity contribution in [3.63, 3.8) is 0 Å². The summed E-state index contributed by atoms with van der Waals surface area (Å²) in [5.74, 6) is 1.34. The standard InChI is InChI=1S/C15H9Cl2NO2/c1-8-5-6-13(20-8)12-7-10(15(17)19)9-3-2-4-11(16)14(9)18-12/h2-7H,1H3. The maximum Gasteiger partial charge on any atom is 0.253 e. The zero-order valence-electron chi connectivity index (χ0n) is 10.5. The molecule has 0 bridgehead atoms. The summed E-state index contributed by atoms with van der Waals surface area (Å²) in [5, 5.41) is 0.542. The summed E-state index contributed by atoms with van der Waals surface area (Å²) in [6, 6.07) is 10.5. The van der Waals surface area contributed by atoms with Crippen LogP contribution in [0.15, 0.2) is 40.8 Å². The van der Waals surface area contributed by atoms with Crippen molar-refractivity contribution in [2.75, 3.05) is 0 Å². The molecule has 0 saturated carbocycles. The van der Waals surface area contributed by atoms with Crippen molar-refractivity contribution >= 4 is 39.3 Å². The van der Waals surface area contributed by atoms with Gasteiger partial charge in [0.05, 0.1) is 10.5 Å². The molecule has 0 fully saturated rings. The van der Waals surface area contributed by atoms with E-state index < -0.39 is 5.24 Å². The van der Waals surface area contributed by atoms with E-state index in [4.69, 9.17) is 27.6 Å². The van der Waals surface area contributed by atoms with Crippen LogP contribution in [0.25, 0.3) is 22.4 Å². The largest absolute Gasteiger partial charge is 0.460 e. The molecule has 0 unspecified atom stereocenters. The van der Waals surface area contributed by atoms with Gasteiger partial charge in [-0.2, -0.15) is 0 Å². The van der Waals surface area contributed by atoms with Gasteiger partial charge in [-0.3, -0.25) is 4.79 Å². The van der Waals surface area contributed by atoms with Gasteiger partial charge in [0.15, 0.2) is 5.76 Å². The number of carbonyl (C=O) groups excluding carboxylic acids is 1. The van der Waals surface area contributed by atoms with Gasteiger partial charge in [-0.15, -0.1) is 0 Å². The molecular weight excluding hydrogens is 297 g/mol. The molecule has 5 heteroatoms. The lowest BCUT2D eigenvalue weighted by molar-refractivity contribution is 0.108. The Morgan fingerprint density at radius 2 is 2.05 bits per heavy atom. The molecule has 0 aliphatic rings. The molecule has 0 spiro atoms. The number of fused-ring (bicyclic) bond motifs is 1. The highest BCUT2D eigenvalue weighted by molar-refractivity contribution is 6.68. The summed E-state index contributed by atoms with van der Waals surface area (Å²) >= 11 is 11.8. The molecule has 2 heterocycles. The van der Waals surface area contributed by atoms with Crippen LogP contribution in [-0.4, -0.2) is 10.2 Å². The first-order valence-electron chi connectivity index (χ1n) is 5.92. The molecule has 100 valence electrons. The number of halogens is 2. The lowest BCUT2D eigenvalue weighted by atomic mass is 10.1. The van der Waals surface area contributed by atoms with E-state index in [1.54, 1.807) is 30.3 Å². The number of aromatic nitrogens is 1. The molecular formula is C15H9Cl2NO2. The molecule has 1 aromatic carbocycles. The number of hydrogen-bond donors (Lipinski definition) is 0. The van der Waals surface area contributed by atoms with Gasteiger partial charge in [0.25, 0.3) is 5.24 Å². The Hall–Kier alpha value is -1.84. The minimum atomic E-state index is -0.552. The van der Waals surface area contributed by atoms with Crippen LogP contribution >= 0.6 is 23.2 Å². The van der Waals surface area contributed by atoms with E-state index in [1.165, 1.54) is 0 Å². The highest BCUT2D eigenvalue weighted by Gasteiger charge is 2.15. The number of furan rings is 1. The second-order valence-corrected chi connectivity index (χ2v) is 5.13. The number of hydrogen-bond acceptors (Lipinski definition) is 3.